The van der Waals surface area contributed by atoms with Crippen molar-refractivity contribution in [3.63, 3.8) is 0 Å². The van der Waals surface area contributed by atoms with E-state index in [0.29, 0.717) is 13.1 Å². The monoisotopic (exact) mass is 326 g/mol. The van der Waals surface area contributed by atoms with Gasteiger partial charge in [-0.05, 0) is 31.6 Å². The number of hydrogen-bond donors (Lipinski definition) is 1. The quantitative estimate of drug-likeness (QED) is 0.595. The maximum absolute atomic E-state index is 12.1. The van der Waals surface area contributed by atoms with Gasteiger partial charge in [-0.2, -0.15) is 0 Å². The number of unbranched alkanes of at least 4 members (excludes halogenated alkanes) is 3. The van der Waals surface area contributed by atoms with Gasteiger partial charge in [0.05, 0.1) is 6.20 Å². The van der Waals surface area contributed by atoms with Gasteiger partial charge in [0.2, 0.25) is 5.88 Å². The van der Waals surface area contributed by atoms with E-state index in [-0.39, 0.29) is 17.0 Å². The Kier molecular flexibility index (Phi) is 8.45. The number of imidazole rings is 1. The van der Waals surface area contributed by atoms with Crippen LogP contribution >= 0.6 is 0 Å². The fraction of sp³-hybridized carbons (Fsp3) is 0.833. The van der Waals surface area contributed by atoms with Crippen LogP contribution in [0.1, 0.15) is 66.2 Å². The summed E-state index contributed by atoms with van der Waals surface area (Å²) in [6, 6.07) is 0. The average Bonchev–Trinajstić information content (AvgIpc) is 2.77. The fourth-order valence-electron chi connectivity index (χ4n) is 2.76. The third-order valence-electron chi connectivity index (χ3n) is 4.24. The summed E-state index contributed by atoms with van der Waals surface area (Å²) in [5.74, 6) is 0.0594. The molecule has 0 amide bonds. The molecular weight excluding hydrogens is 292 g/mol. The van der Waals surface area contributed by atoms with E-state index in [2.05, 4.69) is 20.8 Å². The van der Waals surface area contributed by atoms with E-state index in [1.54, 1.807) is 0 Å². The Morgan fingerprint density at radius 2 is 1.78 bits per heavy atom. The third-order valence-corrected chi connectivity index (χ3v) is 4.24. The minimum absolute atomic E-state index is 0.0244. The van der Waals surface area contributed by atoms with Gasteiger partial charge in [0.15, 0.2) is 0 Å². The molecule has 0 unspecified atom stereocenters. The highest BCUT2D eigenvalue weighted by atomic mass is 16.5. The summed E-state index contributed by atoms with van der Waals surface area (Å²) >= 11 is 0. The lowest BCUT2D eigenvalue weighted by atomic mass is 9.87. The molecule has 1 aromatic rings. The van der Waals surface area contributed by atoms with E-state index < -0.39 is 0 Å². The lowest BCUT2D eigenvalue weighted by Gasteiger charge is -2.25. The zero-order valence-corrected chi connectivity index (χ0v) is 15.3. The first-order chi connectivity index (χ1) is 10.9. The summed E-state index contributed by atoms with van der Waals surface area (Å²) in [6.45, 7) is 11.2. The average molecular weight is 326 g/mol. The maximum atomic E-state index is 12.1. The number of aromatic hydroxyl groups is 1. The van der Waals surface area contributed by atoms with Gasteiger partial charge in [0.25, 0.3) is 0 Å². The Bertz CT molecular complexity index is 503. The standard InChI is InChI=1S/C18H34N2O3/c1-5-7-9-12-23-13-10-8-11-18(3,4)15-20-16(21)14-19(6-2)17(20)22/h14,21H,5-13,15H2,1-4H3. The second kappa shape index (κ2) is 9.81. The van der Waals surface area contributed by atoms with Gasteiger partial charge in [-0.25, -0.2) is 4.79 Å². The normalized spacial score (nSPS) is 12.0. The molecule has 0 atom stereocenters. The van der Waals surface area contributed by atoms with Gasteiger partial charge < -0.3 is 9.84 Å². The lowest BCUT2D eigenvalue weighted by Crippen LogP contribution is -2.29. The molecule has 0 spiro atoms. The Morgan fingerprint density at radius 1 is 1.13 bits per heavy atom. The molecule has 0 radical (unpaired) electrons. The van der Waals surface area contributed by atoms with E-state index in [0.717, 1.165) is 38.9 Å². The van der Waals surface area contributed by atoms with Crippen LogP contribution in [0.3, 0.4) is 0 Å². The van der Waals surface area contributed by atoms with Crippen LogP contribution in [0.25, 0.3) is 0 Å². The summed E-state index contributed by atoms with van der Waals surface area (Å²) in [5.41, 5.74) is -0.152. The SMILES string of the molecule is CCCCCOCCCCC(C)(C)Cn1c(O)cn(CC)c1=O. The lowest BCUT2D eigenvalue weighted by molar-refractivity contribution is 0.122. The zero-order valence-electron chi connectivity index (χ0n) is 15.3. The molecule has 1 heterocycles. The van der Waals surface area contributed by atoms with E-state index in [1.807, 2.05) is 6.92 Å². The van der Waals surface area contributed by atoms with Crippen LogP contribution in [0.5, 0.6) is 5.88 Å². The molecule has 0 aliphatic carbocycles. The van der Waals surface area contributed by atoms with Gasteiger partial charge >= 0.3 is 5.69 Å². The van der Waals surface area contributed by atoms with Crippen molar-refractivity contribution >= 4 is 0 Å². The topological polar surface area (TPSA) is 56.4 Å². The van der Waals surface area contributed by atoms with Crippen molar-refractivity contribution in [3.8, 4) is 5.88 Å². The fourth-order valence-corrected chi connectivity index (χ4v) is 2.76. The highest BCUT2D eigenvalue weighted by Gasteiger charge is 2.22. The third kappa shape index (κ3) is 6.81. The molecule has 5 nitrogen and oxygen atoms in total. The van der Waals surface area contributed by atoms with Gasteiger partial charge in [-0.15, -0.1) is 0 Å². The molecule has 134 valence electrons. The van der Waals surface area contributed by atoms with Gasteiger partial charge in [0, 0.05) is 26.3 Å². The molecule has 0 aliphatic heterocycles. The smallest absolute Gasteiger partial charge is 0.331 e. The van der Waals surface area contributed by atoms with Crippen LogP contribution in [0.4, 0.5) is 0 Å². The first-order valence-electron chi connectivity index (χ1n) is 8.98. The summed E-state index contributed by atoms with van der Waals surface area (Å²) in [5, 5.41) is 9.94. The Labute approximate surface area is 140 Å². The number of aromatic nitrogens is 2. The van der Waals surface area contributed by atoms with Crippen molar-refractivity contribution in [1.82, 2.24) is 9.13 Å². The van der Waals surface area contributed by atoms with E-state index >= 15 is 0 Å². The van der Waals surface area contributed by atoms with Crippen LogP contribution in [-0.2, 0) is 17.8 Å². The summed E-state index contributed by atoms with van der Waals surface area (Å²) < 4.78 is 8.64. The van der Waals surface area contributed by atoms with E-state index in [1.165, 1.54) is 28.2 Å². The number of rotatable bonds is 12. The molecule has 0 aliphatic rings. The summed E-state index contributed by atoms with van der Waals surface area (Å²) in [4.78, 5) is 12.1. The van der Waals surface area contributed by atoms with Crippen LogP contribution in [0, 0.1) is 5.41 Å². The minimum Gasteiger partial charge on any atom is -0.493 e. The van der Waals surface area contributed by atoms with Gasteiger partial charge in [0.1, 0.15) is 0 Å². The van der Waals surface area contributed by atoms with Crippen molar-refractivity contribution in [3.05, 3.63) is 16.7 Å². The predicted molar refractivity (Wildman–Crippen MR) is 94.0 cm³/mol. The van der Waals surface area contributed by atoms with Crippen molar-refractivity contribution in [2.45, 2.75) is 79.3 Å². The van der Waals surface area contributed by atoms with Crippen LogP contribution in [0.2, 0.25) is 0 Å². The maximum Gasteiger partial charge on any atom is 0.331 e. The molecule has 1 N–H and O–H groups in total. The molecule has 23 heavy (non-hydrogen) atoms. The second-order valence-electron chi connectivity index (χ2n) is 7.08. The highest BCUT2D eigenvalue weighted by Crippen LogP contribution is 2.26. The van der Waals surface area contributed by atoms with Crippen molar-refractivity contribution in [1.29, 1.82) is 0 Å². The Balaban J connectivity index is 2.34. The minimum atomic E-state index is -0.127. The molecule has 0 saturated heterocycles. The van der Waals surface area contributed by atoms with E-state index in [4.69, 9.17) is 4.74 Å². The Hall–Kier alpha value is -1.23. The summed E-state index contributed by atoms with van der Waals surface area (Å²) in [7, 11) is 0. The van der Waals surface area contributed by atoms with Crippen molar-refractivity contribution in [2.75, 3.05) is 13.2 Å². The zero-order chi connectivity index (χ0) is 17.3. The highest BCUT2D eigenvalue weighted by molar-refractivity contribution is 5.05. The molecule has 1 aromatic heterocycles. The van der Waals surface area contributed by atoms with Gasteiger partial charge in [-0.3, -0.25) is 9.13 Å². The molecule has 0 saturated carbocycles. The molecule has 1 rings (SSSR count). The number of hydrogen-bond acceptors (Lipinski definition) is 3. The second-order valence-corrected chi connectivity index (χ2v) is 7.08. The molecule has 0 aromatic carbocycles. The van der Waals surface area contributed by atoms with Crippen molar-refractivity contribution in [2.24, 2.45) is 5.41 Å². The Morgan fingerprint density at radius 3 is 2.35 bits per heavy atom. The largest absolute Gasteiger partial charge is 0.493 e. The van der Waals surface area contributed by atoms with Crippen LogP contribution < -0.4 is 5.69 Å². The van der Waals surface area contributed by atoms with E-state index in [9.17, 15) is 9.90 Å². The number of nitrogens with zero attached hydrogens (tertiary/aromatic N) is 2. The summed E-state index contributed by atoms with van der Waals surface area (Å²) in [6.07, 6.45) is 8.26. The molecular formula is C18H34N2O3. The van der Waals surface area contributed by atoms with Crippen LogP contribution in [-0.4, -0.2) is 27.5 Å². The first kappa shape index (κ1) is 19.8. The molecule has 0 fully saturated rings. The van der Waals surface area contributed by atoms with Gasteiger partial charge in [-0.1, -0.05) is 40.0 Å². The molecule has 0 bridgehead atoms. The predicted octanol–water partition coefficient (Wildman–Crippen LogP) is 3.78. The number of aryl methyl sites for hydroxylation is 1. The van der Waals surface area contributed by atoms with Crippen LogP contribution in [0.15, 0.2) is 11.0 Å². The van der Waals surface area contributed by atoms with Crippen molar-refractivity contribution < 1.29 is 9.84 Å². The number of ether oxygens (including phenoxy) is 1. The first-order valence-corrected chi connectivity index (χ1v) is 8.98. The molecule has 5 heteroatoms.